The number of nitrogens with zero attached hydrogens (tertiary/aromatic N) is 1. The lowest BCUT2D eigenvalue weighted by atomic mass is 9.98. The number of hydrogen-bond acceptors (Lipinski definition) is 15. The second-order valence-electron chi connectivity index (χ2n) is 21.5. The van der Waals surface area contributed by atoms with E-state index < -0.39 is 94.2 Å². The van der Waals surface area contributed by atoms with Gasteiger partial charge in [-0.3, -0.25) is 34.1 Å². The zero-order chi connectivity index (χ0) is 58.7. The van der Waals surface area contributed by atoms with Gasteiger partial charge in [0.25, 0.3) is 5.69 Å². The van der Waals surface area contributed by atoms with E-state index in [0.29, 0.717) is 24.1 Å². The Morgan fingerprint density at radius 1 is 0.613 bits per heavy atom. The van der Waals surface area contributed by atoms with E-state index in [4.69, 9.17) is 23.7 Å². The fourth-order valence-corrected chi connectivity index (χ4v) is 8.41. The molecule has 6 amide bonds. The Kier molecular flexibility index (Phi) is 22.5. The molecule has 0 heterocycles. The number of carbonyl (C=O) groups is 8. The van der Waals surface area contributed by atoms with Crippen LogP contribution >= 0.6 is 0 Å². The molecule has 0 aliphatic heterocycles. The Morgan fingerprint density at radius 2 is 1.20 bits per heavy atom. The maximum Gasteiger partial charge on any atom is 0.514 e. The minimum atomic E-state index is -1.26. The number of unbranched alkanes of at least 4 members (excludes halogenated alkanes) is 1. The van der Waals surface area contributed by atoms with Crippen molar-refractivity contribution < 1.29 is 67.0 Å². The molecule has 0 saturated carbocycles. The number of hydrogen-bond donors (Lipinski definition) is 6. The maximum absolute atomic E-state index is 14.1. The molecule has 4 atom stereocenters. The van der Waals surface area contributed by atoms with Gasteiger partial charge in [-0.2, -0.15) is 0 Å². The summed E-state index contributed by atoms with van der Waals surface area (Å²) in [6, 6.07) is 21.9. The Morgan fingerprint density at radius 3 is 1.79 bits per heavy atom. The van der Waals surface area contributed by atoms with Crippen LogP contribution in [0.4, 0.5) is 25.8 Å². The number of nitro groups is 1. The second-order valence-corrected chi connectivity index (χ2v) is 21.5. The van der Waals surface area contributed by atoms with Crippen LogP contribution in [0.1, 0.15) is 123 Å². The summed E-state index contributed by atoms with van der Waals surface area (Å²) in [4.78, 5) is 117. The quantitative estimate of drug-likeness (QED) is 0.00905. The molecule has 5 rings (SSSR count). The van der Waals surface area contributed by atoms with E-state index in [1.807, 2.05) is 48.5 Å². The summed E-state index contributed by atoms with van der Waals surface area (Å²) >= 11 is 0. The van der Waals surface area contributed by atoms with Crippen LogP contribution in [0.25, 0.3) is 11.1 Å². The average molecular weight is 1110 g/mol. The number of amides is 6. The molecule has 0 radical (unpaired) electrons. The second kappa shape index (κ2) is 28.9. The number of anilines is 1. The number of benzene rings is 4. The van der Waals surface area contributed by atoms with E-state index in [1.165, 1.54) is 31.2 Å². The summed E-state index contributed by atoms with van der Waals surface area (Å²) in [5, 5.41) is 27.1. The van der Waals surface area contributed by atoms with E-state index in [9.17, 15) is 48.5 Å². The van der Waals surface area contributed by atoms with Gasteiger partial charge >= 0.3 is 24.3 Å². The number of fused-ring (bicyclic) bond motifs is 3. The highest BCUT2D eigenvalue weighted by Crippen LogP contribution is 2.44. The molecule has 4 aromatic rings. The molecule has 0 aromatic heterocycles. The van der Waals surface area contributed by atoms with Gasteiger partial charge in [0.1, 0.15) is 54.3 Å². The van der Waals surface area contributed by atoms with Crippen LogP contribution in [0.15, 0.2) is 97.1 Å². The molecule has 0 saturated heterocycles. The minimum Gasteiger partial charge on any atom is -0.460 e. The summed E-state index contributed by atoms with van der Waals surface area (Å²) < 4.78 is 26.7. The Balaban J connectivity index is 1.21. The number of alkyl carbamates (subject to hydrolysis) is 2. The largest absolute Gasteiger partial charge is 0.514 e. The van der Waals surface area contributed by atoms with Crippen LogP contribution in [-0.4, -0.2) is 101 Å². The van der Waals surface area contributed by atoms with Crippen molar-refractivity contribution in [2.75, 3.05) is 18.5 Å². The van der Waals surface area contributed by atoms with Gasteiger partial charge in [-0.15, -0.1) is 0 Å². The third-order valence-corrected chi connectivity index (χ3v) is 12.3. The van der Waals surface area contributed by atoms with Crippen molar-refractivity contribution in [1.82, 2.24) is 26.6 Å². The first-order valence-electron chi connectivity index (χ1n) is 26.5. The highest BCUT2D eigenvalue weighted by atomic mass is 16.7. The summed E-state index contributed by atoms with van der Waals surface area (Å²) in [6.45, 7) is 15.1. The normalized spacial score (nSPS) is 13.4. The molecule has 0 unspecified atom stereocenters. The third kappa shape index (κ3) is 20.0. The molecule has 22 nitrogen and oxygen atoms in total. The topological polar surface area (TPSA) is 298 Å². The van der Waals surface area contributed by atoms with Gasteiger partial charge < -0.3 is 55.6 Å². The molecule has 430 valence electrons. The number of rotatable bonds is 25. The number of non-ortho nitro benzene ring substituents is 1. The van der Waals surface area contributed by atoms with E-state index in [2.05, 4.69) is 31.9 Å². The maximum atomic E-state index is 14.1. The van der Waals surface area contributed by atoms with E-state index in [0.717, 1.165) is 22.3 Å². The molecule has 0 spiro atoms. The van der Waals surface area contributed by atoms with Crippen LogP contribution in [-0.2, 0) is 49.5 Å². The first-order valence-corrected chi connectivity index (χ1v) is 26.5. The Labute approximate surface area is 465 Å². The zero-order valence-corrected chi connectivity index (χ0v) is 46.6. The highest BCUT2D eigenvalue weighted by Gasteiger charge is 2.34. The molecule has 22 heteroatoms. The Bertz CT molecular complexity index is 2780. The SMILES string of the molecule is CC(C)[C@H](NC(=O)[C@H](CCCC(=O)OC(C)(C)C)NC(=O)OCC1c2ccccc2-c2ccccc21)C(=O)N[C@@H](C)C(=O)N[C@@H](CCCCNC(=O)OC(C)(C)C)C(=O)Nc1ccc(COC(=O)Oc2ccc([N+](=O)[O-])cc2)cc1. The lowest BCUT2D eigenvalue weighted by Gasteiger charge is -2.27. The molecule has 4 aromatic carbocycles. The van der Waals surface area contributed by atoms with Crippen molar-refractivity contribution in [1.29, 1.82) is 0 Å². The molecule has 0 bridgehead atoms. The lowest BCUT2D eigenvalue weighted by Crippen LogP contribution is -2.58. The fourth-order valence-electron chi connectivity index (χ4n) is 8.41. The molecule has 0 fully saturated rings. The minimum absolute atomic E-state index is 0.0240. The van der Waals surface area contributed by atoms with Gasteiger partial charge in [0.05, 0.1) is 4.92 Å². The number of ether oxygens (including phenoxy) is 5. The smallest absolute Gasteiger partial charge is 0.460 e. The van der Waals surface area contributed by atoms with Gasteiger partial charge in [-0.25, -0.2) is 14.4 Å². The first kappa shape index (κ1) is 62.3. The standard InChI is InChI=1S/C58H73N7O15/c1-35(2)49(64-52(69)47(22-16-23-48(66)79-57(4,5)6)63-55(72)76-34-45-43-19-12-10-17-41(43)42-18-11-13-20-44(42)45)53(70)60-36(3)50(67)62-46(21-14-15-32-59-54(71)80-58(7,8)9)51(68)61-38-26-24-37(25-27-38)33-77-56(73)78-40-30-28-39(29-31-40)65(74)75/h10-13,17-20,24-31,35-36,45-47,49H,14-16,21-23,32-34H2,1-9H3,(H,59,71)(H,60,70)(H,61,68)(H,62,67)(H,63,72)(H,64,69)/t36-,46-,47-,49-/m0/s1. The van der Waals surface area contributed by atoms with Crippen LogP contribution in [0.3, 0.4) is 0 Å². The fraction of sp³-hybridized carbons (Fsp3) is 0.448. The number of nitrogens with one attached hydrogen (secondary N) is 6. The van der Waals surface area contributed by atoms with Crippen LogP contribution in [0, 0.1) is 16.0 Å². The van der Waals surface area contributed by atoms with Gasteiger partial charge in [-0.1, -0.05) is 74.5 Å². The van der Waals surface area contributed by atoms with Gasteiger partial charge in [0, 0.05) is 36.7 Å². The van der Waals surface area contributed by atoms with E-state index >= 15 is 0 Å². The van der Waals surface area contributed by atoms with Crippen molar-refractivity contribution in [3.63, 3.8) is 0 Å². The highest BCUT2D eigenvalue weighted by molar-refractivity contribution is 5.99. The van der Waals surface area contributed by atoms with Crippen molar-refractivity contribution in [3.8, 4) is 16.9 Å². The molecule has 1 aliphatic rings. The van der Waals surface area contributed by atoms with Gasteiger partial charge in [0.15, 0.2) is 0 Å². The molecule has 1 aliphatic carbocycles. The predicted molar refractivity (Wildman–Crippen MR) is 295 cm³/mol. The van der Waals surface area contributed by atoms with Crippen molar-refractivity contribution >= 4 is 59.3 Å². The molecule has 6 N–H and O–H groups in total. The summed E-state index contributed by atoms with van der Waals surface area (Å²) in [7, 11) is 0. The van der Waals surface area contributed by atoms with Crippen molar-refractivity contribution in [2.45, 2.75) is 149 Å². The molecular weight excluding hydrogens is 1030 g/mol. The van der Waals surface area contributed by atoms with Crippen molar-refractivity contribution in [2.24, 2.45) is 5.92 Å². The van der Waals surface area contributed by atoms with Gasteiger partial charge in [-0.05, 0) is 139 Å². The number of nitro benzene ring substituents is 1. The zero-order valence-electron chi connectivity index (χ0n) is 46.6. The monoisotopic (exact) mass is 1110 g/mol. The van der Waals surface area contributed by atoms with Gasteiger partial charge in [0.2, 0.25) is 23.6 Å². The van der Waals surface area contributed by atoms with Crippen LogP contribution < -0.4 is 36.6 Å². The molecular formula is C58H73N7O15. The average Bonchev–Trinajstić information content (AvgIpc) is 3.71. The Hall–Kier alpha value is -8.56. The summed E-state index contributed by atoms with van der Waals surface area (Å²) in [6.07, 6.45) is -1.64. The lowest BCUT2D eigenvalue weighted by molar-refractivity contribution is -0.384. The third-order valence-electron chi connectivity index (χ3n) is 12.3. The predicted octanol–water partition coefficient (Wildman–Crippen LogP) is 8.49. The summed E-state index contributed by atoms with van der Waals surface area (Å²) in [5.41, 5.74) is 3.26. The van der Waals surface area contributed by atoms with E-state index in [1.54, 1.807) is 79.7 Å². The van der Waals surface area contributed by atoms with E-state index in [-0.39, 0.29) is 62.8 Å². The van der Waals surface area contributed by atoms with Crippen LogP contribution in [0.2, 0.25) is 0 Å². The first-order chi connectivity index (χ1) is 37.8. The molecule has 80 heavy (non-hydrogen) atoms. The number of carbonyl (C=O) groups excluding carboxylic acids is 8. The van der Waals surface area contributed by atoms with Crippen LogP contribution in [0.5, 0.6) is 5.75 Å². The summed E-state index contributed by atoms with van der Waals surface area (Å²) in [5.74, 6) is -4.07. The van der Waals surface area contributed by atoms with Crippen molar-refractivity contribution in [3.05, 3.63) is 124 Å². The number of esters is 1.